The summed E-state index contributed by atoms with van der Waals surface area (Å²) in [5.41, 5.74) is 1.29. The first-order valence-electron chi connectivity index (χ1n) is 11.0. The quantitative estimate of drug-likeness (QED) is 0.208. The molecule has 0 spiro atoms. The molecule has 13 heteroatoms. The summed E-state index contributed by atoms with van der Waals surface area (Å²) in [6, 6.07) is -0.386. The Bertz CT molecular complexity index is 1250. The van der Waals surface area contributed by atoms with Crippen LogP contribution in [-0.2, 0) is 30.4 Å². The molecule has 2 unspecified atom stereocenters. The van der Waals surface area contributed by atoms with Crippen molar-refractivity contribution in [2.24, 2.45) is 29.4 Å². The summed E-state index contributed by atoms with van der Waals surface area (Å²) in [7, 11) is 2.93. The number of benzene rings is 1. The van der Waals surface area contributed by atoms with E-state index in [2.05, 4.69) is 21.2 Å². The maximum absolute atomic E-state index is 15.0. The highest BCUT2D eigenvalue weighted by molar-refractivity contribution is 9.09. The van der Waals surface area contributed by atoms with E-state index in [4.69, 9.17) is 5.73 Å². The fourth-order valence-electron chi connectivity index (χ4n) is 5.91. The predicted octanol–water partition coefficient (Wildman–Crippen LogP) is -0.660. The number of phenols is 1. The van der Waals surface area contributed by atoms with Gasteiger partial charge in [-0.05, 0) is 32.9 Å². The molecule has 0 bridgehead atoms. The van der Waals surface area contributed by atoms with Crippen LogP contribution in [0, 0.1) is 29.5 Å². The second-order valence-electron chi connectivity index (χ2n) is 9.58. The fourth-order valence-corrected chi connectivity index (χ4v) is 6.05. The van der Waals surface area contributed by atoms with Crippen molar-refractivity contribution in [1.29, 1.82) is 0 Å². The Hall–Kier alpha value is -3.03. The molecule has 2 fully saturated rings. The maximum Gasteiger partial charge on any atom is 0.235 e. The van der Waals surface area contributed by atoms with Gasteiger partial charge in [-0.1, -0.05) is 15.9 Å². The van der Waals surface area contributed by atoms with Gasteiger partial charge in [0.15, 0.2) is 34.7 Å². The van der Waals surface area contributed by atoms with E-state index in [0.717, 1.165) is 6.07 Å². The summed E-state index contributed by atoms with van der Waals surface area (Å²) in [6.07, 6.45) is -0.399. The van der Waals surface area contributed by atoms with Crippen molar-refractivity contribution >= 4 is 56.6 Å². The van der Waals surface area contributed by atoms with Crippen LogP contribution >= 0.6 is 15.9 Å². The molecule has 0 aromatic heterocycles. The van der Waals surface area contributed by atoms with Crippen LogP contribution in [0.3, 0.4) is 0 Å². The zero-order valence-electron chi connectivity index (χ0n) is 19.2. The Kier molecular flexibility index (Phi) is 6.38. The Morgan fingerprint density at radius 1 is 1.25 bits per heavy atom. The van der Waals surface area contributed by atoms with Crippen molar-refractivity contribution in [2.45, 2.75) is 24.5 Å². The minimum atomic E-state index is -2.87. The van der Waals surface area contributed by atoms with Gasteiger partial charge >= 0.3 is 0 Å². The molecule has 0 saturated heterocycles. The number of Topliss-reactive ketones (excluding diaryl/α,β-unsaturated/α-hetero) is 4. The molecule has 4 rings (SSSR count). The molecule has 6 atom stereocenters. The van der Waals surface area contributed by atoms with E-state index in [0.29, 0.717) is 0 Å². The highest BCUT2D eigenvalue weighted by Crippen LogP contribution is 2.51. The van der Waals surface area contributed by atoms with Gasteiger partial charge in [0.2, 0.25) is 11.8 Å². The smallest absolute Gasteiger partial charge is 0.235 e. The van der Waals surface area contributed by atoms with Crippen molar-refractivity contribution < 1.29 is 43.4 Å². The van der Waals surface area contributed by atoms with E-state index in [1.165, 1.54) is 19.0 Å². The van der Waals surface area contributed by atoms with Crippen LogP contribution in [0.1, 0.15) is 22.3 Å². The number of hydrogen-bond donors (Lipinski definition) is 4. The third-order valence-electron chi connectivity index (χ3n) is 7.40. The van der Waals surface area contributed by atoms with E-state index in [-0.39, 0.29) is 29.4 Å². The second-order valence-corrected chi connectivity index (χ2v) is 10.1. The van der Waals surface area contributed by atoms with Crippen molar-refractivity contribution in [3.8, 4) is 5.75 Å². The van der Waals surface area contributed by atoms with Crippen LogP contribution in [0.25, 0.3) is 0 Å². The summed E-state index contributed by atoms with van der Waals surface area (Å²) in [5, 5.41) is 24.2. The monoisotopic (exact) mass is 567 g/mol. The average molecular weight is 568 g/mol. The van der Waals surface area contributed by atoms with Gasteiger partial charge in [-0.3, -0.25) is 33.7 Å². The SMILES string of the molecule is CN(C)[C@@H]1C(=O)C(C(N)=O)C(=O)[C@@]2(O)C(=O)C3C(=O)c4c(O)c(NC(=O)CBr)cc(F)c4C[C@H]3C[C@@H]12. The number of likely N-dealkylation sites (N-methyl/N-ethyl adjacent to an activating group) is 1. The molecule has 11 nitrogen and oxygen atoms in total. The summed E-state index contributed by atoms with van der Waals surface area (Å²) in [4.78, 5) is 78.4. The van der Waals surface area contributed by atoms with Crippen molar-refractivity contribution in [3.63, 3.8) is 0 Å². The minimum Gasteiger partial charge on any atom is -0.505 e. The van der Waals surface area contributed by atoms with Gasteiger partial charge in [0, 0.05) is 17.5 Å². The third kappa shape index (κ3) is 3.51. The van der Waals surface area contributed by atoms with E-state index in [1.54, 1.807) is 0 Å². The number of anilines is 1. The number of rotatable bonds is 4. The lowest BCUT2D eigenvalue weighted by atomic mass is 9.52. The van der Waals surface area contributed by atoms with Gasteiger partial charge in [0.05, 0.1) is 28.5 Å². The lowest BCUT2D eigenvalue weighted by Crippen LogP contribution is -2.74. The number of aromatic hydroxyl groups is 1. The van der Waals surface area contributed by atoms with Gasteiger partial charge in [-0.25, -0.2) is 4.39 Å². The zero-order chi connectivity index (χ0) is 26.9. The number of halogens is 2. The number of nitrogens with zero attached hydrogens (tertiary/aromatic N) is 1. The highest BCUT2D eigenvalue weighted by atomic mass is 79.9. The average Bonchev–Trinajstić information content (AvgIpc) is 2.79. The molecule has 2 amide bonds. The van der Waals surface area contributed by atoms with Crippen LogP contribution in [0.15, 0.2) is 6.07 Å². The standard InChI is InChI=1S/C23H23BrFN3O8/c1-28(2)16-9-4-7-3-8-10(25)5-11(27-12(29)6-24)17(30)14(8)18(31)13(7)20(33)23(9,36)21(34)15(19(16)32)22(26)35/h5,7,9,13,15-16,30,36H,3-4,6H2,1-2H3,(H2,26,35)(H,27,29)/t7-,9-,13?,15?,16-,23-/m0/s1. The van der Waals surface area contributed by atoms with Gasteiger partial charge in [-0.2, -0.15) is 0 Å². The molecule has 3 aliphatic rings. The van der Waals surface area contributed by atoms with Crippen LogP contribution in [0.2, 0.25) is 0 Å². The summed E-state index contributed by atoms with van der Waals surface area (Å²) in [5.74, 6) is -14.1. The van der Waals surface area contributed by atoms with Gasteiger partial charge in [0.1, 0.15) is 11.6 Å². The number of nitrogens with one attached hydrogen (secondary N) is 1. The molecular formula is C23H23BrFN3O8. The number of amides is 2. The topological polar surface area (TPSA) is 184 Å². The van der Waals surface area contributed by atoms with Gasteiger partial charge < -0.3 is 21.3 Å². The molecule has 1 aromatic carbocycles. The number of primary amides is 1. The number of carbonyl (C=O) groups excluding carboxylic acids is 6. The van der Waals surface area contributed by atoms with E-state index in [1.807, 2.05) is 0 Å². The predicted molar refractivity (Wildman–Crippen MR) is 124 cm³/mol. The molecule has 0 aliphatic heterocycles. The first kappa shape index (κ1) is 26.0. The van der Waals surface area contributed by atoms with Crippen LogP contribution in [0.4, 0.5) is 10.1 Å². The molecule has 0 heterocycles. The summed E-state index contributed by atoms with van der Waals surface area (Å²) < 4.78 is 15.0. The Morgan fingerprint density at radius 2 is 1.89 bits per heavy atom. The van der Waals surface area contributed by atoms with Crippen molar-refractivity contribution in [3.05, 3.63) is 23.0 Å². The molecule has 1 aromatic rings. The Morgan fingerprint density at radius 3 is 2.44 bits per heavy atom. The van der Waals surface area contributed by atoms with E-state index < -0.39 is 87.4 Å². The number of aliphatic hydroxyl groups is 1. The molecule has 36 heavy (non-hydrogen) atoms. The molecule has 0 radical (unpaired) electrons. The largest absolute Gasteiger partial charge is 0.505 e. The van der Waals surface area contributed by atoms with E-state index >= 15 is 4.39 Å². The Labute approximate surface area is 212 Å². The molecule has 192 valence electrons. The number of alkyl halides is 1. The maximum atomic E-state index is 15.0. The number of phenolic OH excluding ortho intramolecular Hbond substituents is 1. The summed E-state index contributed by atoms with van der Waals surface area (Å²) >= 11 is 2.91. The number of fused-ring (bicyclic) bond motifs is 3. The molecule has 3 aliphatic carbocycles. The van der Waals surface area contributed by atoms with Gasteiger partial charge in [-0.15, -0.1) is 0 Å². The van der Waals surface area contributed by atoms with Crippen LogP contribution in [0.5, 0.6) is 5.75 Å². The number of nitrogens with two attached hydrogens (primary N) is 1. The van der Waals surface area contributed by atoms with Crippen molar-refractivity contribution in [2.75, 3.05) is 24.7 Å². The summed E-state index contributed by atoms with van der Waals surface area (Å²) in [6.45, 7) is 0. The van der Waals surface area contributed by atoms with Crippen LogP contribution < -0.4 is 11.1 Å². The number of carbonyl (C=O) groups is 6. The van der Waals surface area contributed by atoms with Crippen LogP contribution in [-0.4, -0.2) is 81.1 Å². The first-order chi connectivity index (χ1) is 16.8. The number of ketones is 4. The van der Waals surface area contributed by atoms with E-state index in [9.17, 15) is 39.0 Å². The first-order valence-corrected chi connectivity index (χ1v) is 12.1. The molecular weight excluding hydrogens is 545 g/mol. The Balaban J connectivity index is 1.85. The number of hydrogen-bond acceptors (Lipinski definition) is 9. The fraction of sp³-hybridized carbons (Fsp3) is 0.478. The highest BCUT2D eigenvalue weighted by Gasteiger charge is 2.69. The van der Waals surface area contributed by atoms with Crippen molar-refractivity contribution in [1.82, 2.24) is 4.90 Å². The van der Waals surface area contributed by atoms with Gasteiger partial charge in [0.25, 0.3) is 0 Å². The third-order valence-corrected chi connectivity index (χ3v) is 7.91. The lowest BCUT2D eigenvalue weighted by Gasteiger charge is -2.52. The lowest BCUT2D eigenvalue weighted by molar-refractivity contribution is -0.181. The molecule has 2 saturated carbocycles. The molecule has 5 N–H and O–H groups in total. The zero-order valence-corrected chi connectivity index (χ0v) is 20.8. The normalized spacial score (nSPS) is 31.6. The second kappa shape index (κ2) is 8.82. The minimum absolute atomic E-state index is 0.175.